The third-order valence-corrected chi connectivity index (χ3v) is 6.66. The standard InChI is InChI=1S/C24H21ClF3NO4S/c1-14-9-15(3-8-23(14)34(29,31)32)10-22(30)16-4-6-19(17(11-16)13-25)20-7-5-18(33-2)12-21(20)24(26,27)28/h3-9,11-12H,10,13H2,1-2H3,(H2,29,31,32). The maximum Gasteiger partial charge on any atom is 0.417 e. The van der Waals surface area contributed by atoms with Gasteiger partial charge >= 0.3 is 6.18 Å². The van der Waals surface area contributed by atoms with E-state index in [1.54, 1.807) is 13.0 Å². The Morgan fingerprint density at radius 1 is 1.03 bits per heavy atom. The van der Waals surface area contributed by atoms with Gasteiger partial charge in [0.1, 0.15) is 5.75 Å². The van der Waals surface area contributed by atoms with Crippen LogP contribution < -0.4 is 9.88 Å². The van der Waals surface area contributed by atoms with Crippen molar-refractivity contribution >= 4 is 27.4 Å². The van der Waals surface area contributed by atoms with Crippen LogP contribution in [0, 0.1) is 6.92 Å². The Hall–Kier alpha value is -2.88. The average Bonchev–Trinajstić information content (AvgIpc) is 2.76. The van der Waals surface area contributed by atoms with Gasteiger partial charge in [0, 0.05) is 17.9 Å². The van der Waals surface area contributed by atoms with Crippen molar-refractivity contribution in [2.24, 2.45) is 5.14 Å². The highest BCUT2D eigenvalue weighted by Crippen LogP contribution is 2.40. The van der Waals surface area contributed by atoms with Gasteiger partial charge in [-0.3, -0.25) is 4.79 Å². The summed E-state index contributed by atoms with van der Waals surface area (Å²) in [6, 6.07) is 12.4. The first kappa shape index (κ1) is 25.7. The van der Waals surface area contributed by atoms with Gasteiger partial charge in [-0.25, -0.2) is 13.6 Å². The maximum atomic E-state index is 13.7. The van der Waals surface area contributed by atoms with Crippen LogP contribution in [0.2, 0.25) is 0 Å². The molecular formula is C24H21ClF3NO4S. The first-order valence-corrected chi connectivity index (χ1v) is 12.0. The number of carbonyl (C=O) groups is 1. The van der Waals surface area contributed by atoms with Gasteiger partial charge in [-0.05, 0) is 59.0 Å². The monoisotopic (exact) mass is 511 g/mol. The summed E-state index contributed by atoms with van der Waals surface area (Å²) < 4.78 is 69.1. The van der Waals surface area contributed by atoms with Crippen molar-refractivity contribution in [3.05, 3.63) is 82.4 Å². The van der Waals surface area contributed by atoms with Gasteiger partial charge in [-0.2, -0.15) is 13.2 Å². The van der Waals surface area contributed by atoms with Crippen LogP contribution in [0.15, 0.2) is 59.5 Å². The molecule has 3 aromatic rings. The van der Waals surface area contributed by atoms with Gasteiger partial charge in [0.2, 0.25) is 10.0 Å². The summed E-state index contributed by atoms with van der Waals surface area (Å²) in [5.41, 5.74) is 0.929. The Kier molecular flexibility index (Phi) is 7.40. The fraction of sp³-hybridized carbons (Fsp3) is 0.208. The molecule has 3 aromatic carbocycles. The average molecular weight is 512 g/mol. The number of Topliss-reactive ketones (excluding diaryl/α,β-unsaturated/α-hetero) is 1. The molecule has 0 aliphatic heterocycles. The molecule has 0 saturated carbocycles. The molecule has 0 bridgehead atoms. The molecule has 0 aromatic heterocycles. The second kappa shape index (κ2) is 9.77. The molecule has 0 aliphatic carbocycles. The van der Waals surface area contributed by atoms with Gasteiger partial charge in [0.05, 0.1) is 17.6 Å². The molecule has 0 atom stereocenters. The molecule has 0 heterocycles. The number of halogens is 4. The second-order valence-corrected chi connectivity index (χ2v) is 9.46. The number of nitrogens with two attached hydrogens (primary N) is 1. The van der Waals surface area contributed by atoms with E-state index in [0.717, 1.165) is 6.07 Å². The van der Waals surface area contributed by atoms with Crippen LogP contribution in [0.1, 0.15) is 32.6 Å². The van der Waals surface area contributed by atoms with Gasteiger partial charge in [-0.1, -0.05) is 30.3 Å². The third kappa shape index (κ3) is 5.60. The Balaban J connectivity index is 1.96. The highest BCUT2D eigenvalue weighted by Gasteiger charge is 2.34. The van der Waals surface area contributed by atoms with Crippen molar-refractivity contribution in [3.63, 3.8) is 0 Å². The Morgan fingerprint density at radius 3 is 2.26 bits per heavy atom. The van der Waals surface area contributed by atoms with Gasteiger partial charge in [0.25, 0.3) is 0 Å². The molecule has 2 N–H and O–H groups in total. The van der Waals surface area contributed by atoms with E-state index in [4.69, 9.17) is 21.5 Å². The number of sulfonamides is 1. The van der Waals surface area contributed by atoms with Crippen LogP contribution in [0.25, 0.3) is 11.1 Å². The van der Waals surface area contributed by atoms with Crippen molar-refractivity contribution in [2.45, 2.75) is 30.3 Å². The number of rotatable bonds is 7. The quantitative estimate of drug-likeness (QED) is 0.335. The molecular weight excluding hydrogens is 491 g/mol. The lowest BCUT2D eigenvalue weighted by molar-refractivity contribution is -0.137. The van der Waals surface area contributed by atoms with Crippen LogP contribution >= 0.6 is 11.6 Å². The van der Waals surface area contributed by atoms with Crippen LogP contribution in [-0.4, -0.2) is 21.3 Å². The van der Waals surface area contributed by atoms with Crippen molar-refractivity contribution in [1.82, 2.24) is 0 Å². The summed E-state index contributed by atoms with van der Waals surface area (Å²) in [5.74, 6) is -0.340. The summed E-state index contributed by atoms with van der Waals surface area (Å²) in [6.45, 7) is 1.57. The zero-order valence-electron chi connectivity index (χ0n) is 18.2. The number of ether oxygens (including phenoxy) is 1. The molecule has 3 rings (SSSR count). The van der Waals surface area contributed by atoms with Crippen molar-refractivity contribution in [1.29, 1.82) is 0 Å². The molecule has 0 spiro atoms. The summed E-state index contributed by atoms with van der Waals surface area (Å²) >= 11 is 6.04. The predicted octanol–water partition coefficient (Wildman–Crippen LogP) is 5.50. The molecule has 0 amide bonds. The van der Waals surface area contributed by atoms with Crippen molar-refractivity contribution in [2.75, 3.05) is 7.11 Å². The molecule has 34 heavy (non-hydrogen) atoms. The van der Waals surface area contributed by atoms with E-state index >= 15 is 0 Å². The first-order chi connectivity index (χ1) is 15.8. The van der Waals surface area contributed by atoms with E-state index in [-0.39, 0.29) is 45.4 Å². The summed E-state index contributed by atoms with van der Waals surface area (Å²) in [4.78, 5) is 12.8. The molecule has 180 valence electrons. The SMILES string of the molecule is COc1ccc(-c2ccc(C(=O)Cc3ccc(S(N)(=O)=O)c(C)c3)cc2CCl)c(C(F)(F)F)c1. The lowest BCUT2D eigenvalue weighted by Crippen LogP contribution is -2.14. The van der Waals surface area contributed by atoms with E-state index < -0.39 is 21.8 Å². The maximum absolute atomic E-state index is 13.7. The fourth-order valence-electron chi connectivity index (χ4n) is 3.69. The highest BCUT2D eigenvalue weighted by atomic mass is 35.5. The van der Waals surface area contributed by atoms with E-state index in [1.165, 1.54) is 49.6 Å². The zero-order valence-corrected chi connectivity index (χ0v) is 19.8. The predicted molar refractivity (Wildman–Crippen MR) is 124 cm³/mol. The van der Waals surface area contributed by atoms with E-state index in [0.29, 0.717) is 16.7 Å². The largest absolute Gasteiger partial charge is 0.497 e. The van der Waals surface area contributed by atoms with Crippen LogP contribution in [0.3, 0.4) is 0 Å². The van der Waals surface area contributed by atoms with Crippen molar-refractivity contribution < 1.29 is 31.1 Å². The van der Waals surface area contributed by atoms with Gasteiger partial charge in [-0.15, -0.1) is 11.6 Å². The molecule has 0 saturated heterocycles. The molecule has 5 nitrogen and oxygen atoms in total. The van der Waals surface area contributed by atoms with Crippen LogP contribution in [-0.2, 0) is 28.5 Å². The Labute approximate surface area is 200 Å². The summed E-state index contributed by atoms with van der Waals surface area (Å²) in [6.07, 6.45) is -4.66. The summed E-state index contributed by atoms with van der Waals surface area (Å²) in [5, 5.41) is 5.16. The number of methoxy groups -OCH3 is 1. The Morgan fingerprint density at radius 2 is 1.71 bits per heavy atom. The number of hydrogen-bond donors (Lipinski definition) is 1. The van der Waals surface area contributed by atoms with Crippen LogP contribution in [0.5, 0.6) is 5.75 Å². The number of carbonyl (C=O) groups excluding carboxylic acids is 1. The lowest BCUT2D eigenvalue weighted by atomic mass is 9.92. The lowest BCUT2D eigenvalue weighted by Gasteiger charge is -2.17. The highest BCUT2D eigenvalue weighted by molar-refractivity contribution is 7.89. The van der Waals surface area contributed by atoms with E-state index in [2.05, 4.69) is 0 Å². The molecule has 0 unspecified atom stereocenters. The smallest absolute Gasteiger partial charge is 0.417 e. The van der Waals surface area contributed by atoms with Crippen LogP contribution in [0.4, 0.5) is 13.2 Å². The minimum atomic E-state index is -4.62. The molecule has 0 radical (unpaired) electrons. The minimum Gasteiger partial charge on any atom is -0.497 e. The number of alkyl halides is 4. The normalized spacial score (nSPS) is 12.0. The number of hydrogen-bond acceptors (Lipinski definition) is 4. The number of ketones is 1. The Bertz CT molecular complexity index is 1350. The fourth-order valence-corrected chi connectivity index (χ4v) is 4.67. The second-order valence-electron chi connectivity index (χ2n) is 7.66. The molecule has 10 heteroatoms. The molecule has 0 aliphatic rings. The van der Waals surface area contributed by atoms with E-state index in [9.17, 15) is 26.4 Å². The minimum absolute atomic E-state index is 0.0301. The van der Waals surface area contributed by atoms with Gasteiger partial charge < -0.3 is 4.74 Å². The summed E-state index contributed by atoms with van der Waals surface area (Å²) in [7, 11) is -2.60. The zero-order chi connectivity index (χ0) is 25.3. The van der Waals surface area contributed by atoms with Crippen molar-refractivity contribution in [3.8, 4) is 16.9 Å². The third-order valence-electron chi connectivity index (χ3n) is 5.30. The number of aryl methyl sites for hydroxylation is 1. The molecule has 0 fully saturated rings. The van der Waals surface area contributed by atoms with E-state index in [1.807, 2.05) is 0 Å². The number of benzene rings is 3. The number of primary sulfonamides is 1. The first-order valence-electron chi connectivity index (χ1n) is 9.95. The van der Waals surface area contributed by atoms with Gasteiger partial charge in [0.15, 0.2) is 5.78 Å². The topological polar surface area (TPSA) is 86.5 Å².